The fraction of sp³-hybridized carbons (Fsp3) is 0.571. The van der Waals surface area contributed by atoms with Gasteiger partial charge in [0.25, 0.3) is 5.91 Å². The third-order valence-corrected chi connectivity index (χ3v) is 4.02. The van der Waals surface area contributed by atoms with Crippen molar-refractivity contribution in [3.63, 3.8) is 0 Å². The summed E-state index contributed by atoms with van der Waals surface area (Å²) in [6.45, 7) is 3.62. The van der Waals surface area contributed by atoms with Crippen LogP contribution in [0, 0.1) is 5.92 Å². The van der Waals surface area contributed by atoms with Crippen LogP contribution in [0.1, 0.15) is 42.8 Å². The molecule has 1 aromatic heterocycles. The lowest BCUT2D eigenvalue weighted by atomic mass is 10.0. The normalized spacial score (nSPS) is 13.6. The predicted molar refractivity (Wildman–Crippen MR) is 78.5 cm³/mol. The molecule has 0 saturated carbocycles. The number of rotatable bonds is 8. The summed E-state index contributed by atoms with van der Waals surface area (Å²) in [5, 5.41) is 13.5. The van der Waals surface area contributed by atoms with Crippen LogP contribution in [0.4, 0.5) is 0 Å². The quantitative estimate of drug-likeness (QED) is 0.774. The Kier molecular flexibility index (Phi) is 6.51. The average Bonchev–Trinajstić information content (AvgIpc) is 2.87. The van der Waals surface area contributed by atoms with Crippen molar-refractivity contribution in [3.8, 4) is 5.75 Å². The molecule has 0 aromatic carbocycles. The number of hydrogen-bond donors (Lipinski definition) is 2. The molecule has 2 unspecified atom stereocenters. The van der Waals surface area contributed by atoms with Gasteiger partial charge in [-0.3, -0.25) is 9.59 Å². The minimum Gasteiger partial charge on any atom is -0.496 e. The van der Waals surface area contributed by atoms with Crippen molar-refractivity contribution in [2.24, 2.45) is 5.92 Å². The van der Waals surface area contributed by atoms with E-state index in [1.165, 1.54) is 11.3 Å². The first-order chi connectivity index (χ1) is 9.43. The predicted octanol–water partition coefficient (Wildman–Crippen LogP) is 2.77. The first-order valence-corrected chi connectivity index (χ1v) is 7.48. The fourth-order valence-electron chi connectivity index (χ4n) is 1.77. The van der Waals surface area contributed by atoms with E-state index >= 15 is 0 Å². The summed E-state index contributed by atoms with van der Waals surface area (Å²) in [4.78, 5) is 23.2. The lowest BCUT2D eigenvalue weighted by molar-refractivity contribution is -0.141. The number of thiophene rings is 1. The maximum atomic E-state index is 11.9. The van der Waals surface area contributed by atoms with Gasteiger partial charge in [-0.25, -0.2) is 0 Å². The summed E-state index contributed by atoms with van der Waals surface area (Å²) < 4.78 is 5.04. The van der Waals surface area contributed by atoms with E-state index in [0.717, 1.165) is 12.8 Å². The fourth-order valence-corrected chi connectivity index (χ4v) is 2.52. The van der Waals surface area contributed by atoms with Gasteiger partial charge in [0.15, 0.2) is 0 Å². The van der Waals surface area contributed by atoms with Crippen molar-refractivity contribution in [2.45, 2.75) is 39.2 Å². The van der Waals surface area contributed by atoms with Crippen LogP contribution in [0.15, 0.2) is 11.4 Å². The minimum atomic E-state index is -0.771. The maximum absolute atomic E-state index is 11.9. The Morgan fingerprint density at radius 1 is 1.40 bits per heavy atom. The van der Waals surface area contributed by atoms with Crippen LogP contribution in [0.5, 0.6) is 5.75 Å². The van der Waals surface area contributed by atoms with Gasteiger partial charge in [0.1, 0.15) is 5.75 Å². The van der Waals surface area contributed by atoms with Gasteiger partial charge in [-0.05, 0) is 19.8 Å². The second-order valence-corrected chi connectivity index (χ2v) is 5.81. The Labute approximate surface area is 123 Å². The molecule has 2 N–H and O–H groups in total. The van der Waals surface area contributed by atoms with Crippen molar-refractivity contribution >= 4 is 23.2 Å². The average molecular weight is 299 g/mol. The number of nitrogens with one attached hydrogen (secondary N) is 1. The Morgan fingerprint density at radius 2 is 2.10 bits per heavy atom. The summed E-state index contributed by atoms with van der Waals surface area (Å²) in [6.07, 6.45) is 2.18. The van der Waals surface area contributed by atoms with E-state index in [1.807, 2.05) is 6.92 Å². The van der Waals surface area contributed by atoms with Crippen LogP contribution >= 0.6 is 11.3 Å². The van der Waals surface area contributed by atoms with E-state index in [9.17, 15) is 9.59 Å². The monoisotopic (exact) mass is 299 g/mol. The van der Waals surface area contributed by atoms with Crippen LogP contribution in [0.2, 0.25) is 0 Å². The van der Waals surface area contributed by atoms with Crippen molar-refractivity contribution in [3.05, 3.63) is 16.3 Å². The van der Waals surface area contributed by atoms with Crippen LogP contribution < -0.4 is 10.1 Å². The number of hydrogen-bond acceptors (Lipinski definition) is 4. The summed E-state index contributed by atoms with van der Waals surface area (Å²) >= 11 is 1.34. The molecule has 1 heterocycles. The van der Waals surface area contributed by atoms with E-state index in [4.69, 9.17) is 9.84 Å². The van der Waals surface area contributed by atoms with Crippen LogP contribution in [0.25, 0.3) is 0 Å². The van der Waals surface area contributed by atoms with Crippen molar-refractivity contribution in [2.75, 3.05) is 7.11 Å². The molecule has 1 aromatic rings. The van der Waals surface area contributed by atoms with Crippen molar-refractivity contribution < 1.29 is 19.4 Å². The van der Waals surface area contributed by atoms with Gasteiger partial charge in [0.2, 0.25) is 0 Å². The van der Waals surface area contributed by atoms with Gasteiger partial charge in [0, 0.05) is 17.5 Å². The zero-order valence-electron chi connectivity index (χ0n) is 12.0. The third kappa shape index (κ3) is 5.21. The minimum absolute atomic E-state index is 0.0246. The number of carboxylic acids is 1. The summed E-state index contributed by atoms with van der Waals surface area (Å²) in [5.41, 5.74) is 0. The molecular weight excluding hydrogens is 278 g/mol. The number of carbonyl (C=O) groups is 2. The molecule has 112 valence electrons. The second kappa shape index (κ2) is 7.89. The number of carboxylic acid groups (broad SMARTS) is 1. The molecule has 0 spiro atoms. The van der Waals surface area contributed by atoms with Crippen LogP contribution in [-0.4, -0.2) is 30.1 Å². The maximum Gasteiger partial charge on any atom is 0.306 e. The highest BCUT2D eigenvalue weighted by molar-refractivity contribution is 7.12. The van der Waals surface area contributed by atoms with E-state index in [0.29, 0.717) is 17.0 Å². The van der Waals surface area contributed by atoms with Gasteiger partial charge >= 0.3 is 5.97 Å². The highest BCUT2D eigenvalue weighted by atomic mass is 32.1. The zero-order valence-corrected chi connectivity index (χ0v) is 12.8. The molecule has 6 heteroatoms. The number of aliphatic carboxylic acids is 1. The van der Waals surface area contributed by atoms with Gasteiger partial charge in [-0.1, -0.05) is 13.3 Å². The van der Waals surface area contributed by atoms with E-state index < -0.39 is 5.97 Å². The summed E-state index contributed by atoms with van der Waals surface area (Å²) in [6, 6.07) is 1.73. The number of ether oxygens (including phenoxy) is 1. The van der Waals surface area contributed by atoms with Gasteiger partial charge in [-0.2, -0.15) is 0 Å². The molecule has 0 aliphatic carbocycles. The molecule has 1 amide bonds. The molecule has 2 atom stereocenters. The standard InChI is InChI=1S/C14H21NO4S/c1-9(14(17)18)5-4-6-10(2)15-13(16)12-7-11(19-3)8-20-12/h7-10H,4-6H2,1-3H3,(H,15,16)(H,17,18). The van der Waals surface area contributed by atoms with Gasteiger partial charge < -0.3 is 15.2 Å². The van der Waals surface area contributed by atoms with E-state index in [1.54, 1.807) is 25.5 Å². The number of methoxy groups -OCH3 is 1. The summed E-state index contributed by atoms with van der Waals surface area (Å²) in [5.74, 6) is -0.535. The van der Waals surface area contributed by atoms with Crippen molar-refractivity contribution in [1.29, 1.82) is 0 Å². The molecule has 0 aliphatic rings. The smallest absolute Gasteiger partial charge is 0.306 e. The lowest BCUT2D eigenvalue weighted by Crippen LogP contribution is -2.32. The molecule has 0 fully saturated rings. The molecule has 1 rings (SSSR count). The molecule has 20 heavy (non-hydrogen) atoms. The van der Waals surface area contributed by atoms with Crippen LogP contribution in [-0.2, 0) is 4.79 Å². The Balaban J connectivity index is 2.33. The van der Waals surface area contributed by atoms with E-state index in [2.05, 4.69) is 5.32 Å². The SMILES string of the molecule is COc1csc(C(=O)NC(C)CCCC(C)C(=O)O)c1. The van der Waals surface area contributed by atoms with Gasteiger partial charge in [-0.15, -0.1) is 11.3 Å². The summed E-state index contributed by atoms with van der Waals surface area (Å²) in [7, 11) is 1.57. The molecule has 5 nitrogen and oxygen atoms in total. The molecule has 0 saturated heterocycles. The Bertz CT molecular complexity index is 458. The first-order valence-electron chi connectivity index (χ1n) is 6.60. The lowest BCUT2D eigenvalue weighted by Gasteiger charge is -2.13. The Morgan fingerprint density at radius 3 is 2.65 bits per heavy atom. The molecule has 0 bridgehead atoms. The topological polar surface area (TPSA) is 75.6 Å². The first kappa shape index (κ1) is 16.5. The number of amides is 1. The third-order valence-electron chi connectivity index (χ3n) is 3.11. The molecule has 0 aliphatic heterocycles. The van der Waals surface area contributed by atoms with Gasteiger partial charge in [0.05, 0.1) is 17.9 Å². The van der Waals surface area contributed by atoms with E-state index in [-0.39, 0.29) is 17.9 Å². The highest BCUT2D eigenvalue weighted by Gasteiger charge is 2.14. The van der Waals surface area contributed by atoms with Crippen LogP contribution in [0.3, 0.4) is 0 Å². The highest BCUT2D eigenvalue weighted by Crippen LogP contribution is 2.21. The Hall–Kier alpha value is -1.56. The number of carbonyl (C=O) groups excluding carboxylic acids is 1. The molecular formula is C14H21NO4S. The largest absolute Gasteiger partial charge is 0.496 e. The second-order valence-electron chi connectivity index (χ2n) is 4.90. The molecule has 0 radical (unpaired) electrons. The zero-order chi connectivity index (χ0) is 15.1. The van der Waals surface area contributed by atoms with Crippen molar-refractivity contribution in [1.82, 2.24) is 5.32 Å².